The fourth-order valence-electron chi connectivity index (χ4n) is 1.38. The summed E-state index contributed by atoms with van der Waals surface area (Å²) in [7, 11) is 0. The summed E-state index contributed by atoms with van der Waals surface area (Å²) in [6.07, 6.45) is 1.77. The molecule has 1 rings (SSSR count). The predicted octanol–water partition coefficient (Wildman–Crippen LogP) is 3.27. The van der Waals surface area contributed by atoms with Gasteiger partial charge in [0, 0.05) is 11.2 Å². The molecule has 0 saturated carbocycles. The summed E-state index contributed by atoms with van der Waals surface area (Å²) < 4.78 is 0. The van der Waals surface area contributed by atoms with Crippen LogP contribution in [0.1, 0.15) is 48.6 Å². The van der Waals surface area contributed by atoms with E-state index in [-0.39, 0.29) is 16.7 Å². The number of thioether (sulfide) groups is 1. The van der Waals surface area contributed by atoms with Gasteiger partial charge in [-0.05, 0) is 13.8 Å². The molecule has 1 aromatic heterocycles. The zero-order valence-electron chi connectivity index (χ0n) is 11.1. The maximum absolute atomic E-state index is 11.3. The van der Waals surface area contributed by atoms with Crippen molar-refractivity contribution in [1.82, 2.24) is 9.97 Å². The quantitative estimate of drug-likeness (QED) is 0.503. The Morgan fingerprint density at radius 1 is 1.39 bits per heavy atom. The van der Waals surface area contributed by atoms with Gasteiger partial charge in [0.25, 0.3) is 0 Å². The van der Waals surface area contributed by atoms with Crippen LogP contribution in [0.3, 0.4) is 0 Å². The Morgan fingerprint density at radius 3 is 2.44 bits per heavy atom. The van der Waals surface area contributed by atoms with E-state index in [0.717, 1.165) is 0 Å². The highest BCUT2D eigenvalue weighted by atomic mass is 32.2. The molecule has 0 saturated heterocycles. The first-order valence-corrected chi connectivity index (χ1v) is 6.65. The van der Waals surface area contributed by atoms with E-state index in [0.29, 0.717) is 16.5 Å². The summed E-state index contributed by atoms with van der Waals surface area (Å²) in [6, 6.07) is 0. The van der Waals surface area contributed by atoms with Crippen LogP contribution in [-0.2, 0) is 0 Å². The van der Waals surface area contributed by atoms with Gasteiger partial charge in [-0.1, -0.05) is 31.7 Å². The van der Waals surface area contributed by atoms with Gasteiger partial charge in [0.2, 0.25) is 0 Å². The molecule has 98 valence electrons. The third kappa shape index (κ3) is 3.32. The normalized spacial score (nSPS) is 12.5. The Bertz CT molecular complexity index is 472. The second-order valence-corrected chi connectivity index (χ2v) is 5.73. The van der Waals surface area contributed by atoms with Gasteiger partial charge in [0.1, 0.15) is 16.4 Å². The smallest absolute Gasteiger partial charge is 0.340 e. The molecule has 0 radical (unpaired) electrons. The summed E-state index contributed by atoms with van der Waals surface area (Å²) in [6.45, 7) is 11.3. The number of aromatic carboxylic acids is 1. The lowest BCUT2D eigenvalue weighted by Gasteiger charge is -2.13. The highest BCUT2D eigenvalue weighted by Crippen LogP contribution is 2.28. The molecule has 1 atom stereocenters. The molecule has 1 unspecified atom stereocenters. The minimum atomic E-state index is -0.985. The molecule has 0 spiro atoms. The van der Waals surface area contributed by atoms with Crippen molar-refractivity contribution < 1.29 is 9.90 Å². The van der Waals surface area contributed by atoms with Gasteiger partial charge in [0.05, 0.1) is 5.69 Å². The number of rotatable bonds is 5. The van der Waals surface area contributed by atoms with Crippen LogP contribution in [0, 0.1) is 6.92 Å². The first-order valence-electron chi connectivity index (χ1n) is 5.77. The van der Waals surface area contributed by atoms with Gasteiger partial charge in [-0.15, -0.1) is 6.58 Å². The molecular formula is C13H18N2O2S. The summed E-state index contributed by atoms with van der Waals surface area (Å²) >= 11 is 1.39. The van der Waals surface area contributed by atoms with Gasteiger partial charge in [-0.2, -0.15) is 0 Å². The average Bonchev–Trinajstić information content (AvgIpc) is 2.27. The Morgan fingerprint density at radius 2 is 2.00 bits per heavy atom. The molecule has 0 aromatic carbocycles. The van der Waals surface area contributed by atoms with E-state index in [1.54, 1.807) is 13.0 Å². The fraction of sp³-hybridized carbons (Fsp3) is 0.462. The summed E-state index contributed by atoms with van der Waals surface area (Å²) in [5.74, 6) is -0.136. The molecular weight excluding hydrogens is 248 g/mol. The van der Waals surface area contributed by atoms with Gasteiger partial charge < -0.3 is 5.11 Å². The summed E-state index contributed by atoms with van der Waals surface area (Å²) in [5, 5.41) is 9.87. The van der Waals surface area contributed by atoms with Crippen molar-refractivity contribution in [2.75, 3.05) is 0 Å². The Kier molecular flexibility index (Phi) is 4.90. The first-order chi connectivity index (χ1) is 8.36. The second kappa shape index (κ2) is 6.00. The average molecular weight is 266 g/mol. The van der Waals surface area contributed by atoms with Crippen LogP contribution in [0.2, 0.25) is 0 Å². The SMILES string of the molecule is C=CC(C)Sc1nc(C(C)C)nc(C)c1C(=O)O. The number of carboxylic acids is 1. The zero-order chi connectivity index (χ0) is 13.9. The fourth-order valence-corrected chi connectivity index (χ4v) is 2.33. The van der Waals surface area contributed by atoms with E-state index in [1.807, 2.05) is 20.8 Å². The topological polar surface area (TPSA) is 63.1 Å². The summed E-state index contributed by atoms with van der Waals surface area (Å²) in [5.41, 5.74) is 0.707. The lowest BCUT2D eigenvalue weighted by Crippen LogP contribution is -2.11. The number of hydrogen-bond donors (Lipinski definition) is 1. The number of carbonyl (C=O) groups is 1. The van der Waals surface area contributed by atoms with E-state index < -0.39 is 5.97 Å². The van der Waals surface area contributed by atoms with Crippen LogP contribution < -0.4 is 0 Å². The maximum Gasteiger partial charge on any atom is 0.340 e. The third-order valence-electron chi connectivity index (χ3n) is 2.43. The Balaban J connectivity index is 3.33. The zero-order valence-corrected chi connectivity index (χ0v) is 11.9. The van der Waals surface area contributed by atoms with Crippen LogP contribution >= 0.6 is 11.8 Å². The van der Waals surface area contributed by atoms with Gasteiger partial charge in [-0.25, -0.2) is 14.8 Å². The molecule has 5 heteroatoms. The second-order valence-electron chi connectivity index (χ2n) is 4.37. The molecule has 0 aliphatic heterocycles. The molecule has 0 bridgehead atoms. The van der Waals surface area contributed by atoms with Crippen molar-refractivity contribution in [1.29, 1.82) is 0 Å². The molecule has 0 aliphatic carbocycles. The molecule has 1 aromatic rings. The van der Waals surface area contributed by atoms with Crippen LogP contribution in [0.4, 0.5) is 0 Å². The minimum absolute atomic E-state index is 0.109. The van der Waals surface area contributed by atoms with E-state index in [9.17, 15) is 9.90 Å². The van der Waals surface area contributed by atoms with Crippen LogP contribution in [0.5, 0.6) is 0 Å². The van der Waals surface area contributed by atoms with Crippen molar-refractivity contribution in [2.24, 2.45) is 0 Å². The monoisotopic (exact) mass is 266 g/mol. The van der Waals surface area contributed by atoms with E-state index in [2.05, 4.69) is 16.5 Å². The number of nitrogens with zero attached hydrogens (tertiary/aromatic N) is 2. The van der Waals surface area contributed by atoms with Crippen LogP contribution in [-0.4, -0.2) is 26.3 Å². The Hall–Kier alpha value is -1.36. The van der Waals surface area contributed by atoms with Gasteiger partial charge >= 0.3 is 5.97 Å². The number of aryl methyl sites for hydroxylation is 1. The van der Waals surface area contributed by atoms with Crippen molar-refractivity contribution >= 4 is 17.7 Å². The van der Waals surface area contributed by atoms with Gasteiger partial charge in [0.15, 0.2) is 0 Å². The third-order valence-corrected chi connectivity index (χ3v) is 3.52. The predicted molar refractivity (Wildman–Crippen MR) is 73.3 cm³/mol. The molecule has 0 aliphatic rings. The van der Waals surface area contributed by atoms with Crippen molar-refractivity contribution in [3.05, 3.63) is 29.7 Å². The highest BCUT2D eigenvalue weighted by Gasteiger charge is 2.20. The maximum atomic E-state index is 11.3. The number of hydrogen-bond acceptors (Lipinski definition) is 4. The first kappa shape index (κ1) is 14.7. The summed E-state index contributed by atoms with van der Waals surface area (Å²) in [4.78, 5) is 19.9. The highest BCUT2D eigenvalue weighted by molar-refractivity contribution is 8.00. The largest absolute Gasteiger partial charge is 0.478 e. The van der Waals surface area contributed by atoms with E-state index >= 15 is 0 Å². The number of aromatic nitrogens is 2. The molecule has 1 heterocycles. The van der Waals surface area contributed by atoms with Gasteiger partial charge in [-0.3, -0.25) is 0 Å². The lowest BCUT2D eigenvalue weighted by atomic mass is 10.2. The van der Waals surface area contributed by atoms with Crippen molar-refractivity contribution in [2.45, 2.75) is 43.9 Å². The van der Waals surface area contributed by atoms with Crippen LogP contribution in [0.15, 0.2) is 17.7 Å². The molecule has 18 heavy (non-hydrogen) atoms. The van der Waals surface area contributed by atoms with Crippen LogP contribution in [0.25, 0.3) is 0 Å². The minimum Gasteiger partial charge on any atom is -0.478 e. The molecule has 0 fully saturated rings. The van der Waals surface area contributed by atoms with Crippen molar-refractivity contribution in [3.8, 4) is 0 Å². The lowest BCUT2D eigenvalue weighted by molar-refractivity contribution is 0.0690. The standard InChI is InChI=1S/C13H18N2O2S/c1-6-8(4)18-12-10(13(16)17)9(5)14-11(15-12)7(2)3/h6-8H,1H2,2-5H3,(H,16,17). The van der Waals surface area contributed by atoms with E-state index in [1.165, 1.54) is 11.8 Å². The molecule has 4 nitrogen and oxygen atoms in total. The molecule has 0 amide bonds. The molecule has 1 N–H and O–H groups in total. The number of carboxylic acid groups (broad SMARTS) is 1. The van der Waals surface area contributed by atoms with E-state index in [4.69, 9.17) is 0 Å². The Labute approximate surface area is 112 Å². The van der Waals surface area contributed by atoms with Crippen molar-refractivity contribution in [3.63, 3.8) is 0 Å².